The molecule has 7 nitrogen and oxygen atoms in total. The van der Waals surface area contributed by atoms with Gasteiger partial charge < -0.3 is 9.64 Å². The van der Waals surface area contributed by atoms with E-state index < -0.39 is 0 Å². The molecule has 1 saturated heterocycles. The number of hydrogen-bond acceptors (Lipinski definition) is 5. The number of likely N-dealkylation sites (tertiary alicyclic amines) is 1. The van der Waals surface area contributed by atoms with Gasteiger partial charge >= 0.3 is 6.09 Å². The summed E-state index contributed by atoms with van der Waals surface area (Å²) in [5, 5.41) is 9.19. The van der Waals surface area contributed by atoms with Crippen LogP contribution in [-0.2, 0) is 0 Å². The molecule has 0 saturated carbocycles. The van der Waals surface area contributed by atoms with E-state index in [2.05, 4.69) is 15.3 Å². The van der Waals surface area contributed by atoms with Gasteiger partial charge in [-0.2, -0.15) is 0 Å². The maximum atomic E-state index is 12.3. The molecule has 1 aromatic carbocycles. The highest BCUT2D eigenvalue weighted by Gasteiger charge is 2.26. The number of ether oxygens (including phenoxy) is 1. The van der Waals surface area contributed by atoms with Gasteiger partial charge in [0, 0.05) is 29.9 Å². The number of rotatable bonds is 3. The minimum absolute atomic E-state index is 0.202. The summed E-state index contributed by atoms with van der Waals surface area (Å²) in [6.07, 6.45) is 6.33. The van der Waals surface area contributed by atoms with Gasteiger partial charge in [-0.3, -0.25) is 4.98 Å². The first-order valence-corrected chi connectivity index (χ1v) is 9.11. The lowest BCUT2D eigenvalue weighted by Gasteiger charge is -2.30. The van der Waals surface area contributed by atoms with Crippen LogP contribution in [0.1, 0.15) is 18.9 Å². The van der Waals surface area contributed by atoms with Crippen LogP contribution in [0.15, 0.2) is 55.0 Å². The zero-order valence-electron chi connectivity index (χ0n) is 14.5. The Bertz CT molecular complexity index is 923. The summed E-state index contributed by atoms with van der Waals surface area (Å²) in [5.41, 5.74) is 1.72. The number of nitrogens with zero attached hydrogens (tertiary/aromatic N) is 5. The number of pyridine rings is 1. The molecule has 4 rings (SSSR count). The molecule has 27 heavy (non-hydrogen) atoms. The minimum atomic E-state index is -0.348. The van der Waals surface area contributed by atoms with Crippen LogP contribution >= 0.6 is 11.6 Å². The van der Waals surface area contributed by atoms with Gasteiger partial charge in [-0.15, -0.1) is 5.10 Å². The predicted octanol–water partition coefficient (Wildman–Crippen LogP) is 3.83. The standard InChI is InChI=1S/C19H18ClN5O2/c20-15-4-1-3-14(11-15)18-13-25(23-22-18)16-6-9-24(10-7-16)19(26)27-17-5-2-8-21-12-17/h1-5,8,11-13,16H,6-7,9-10H2. The van der Waals surface area contributed by atoms with Crippen molar-refractivity contribution in [2.24, 2.45) is 0 Å². The molecule has 0 atom stereocenters. The van der Waals surface area contributed by atoms with Gasteiger partial charge in [-0.25, -0.2) is 9.48 Å². The normalized spacial score (nSPS) is 14.9. The lowest BCUT2D eigenvalue weighted by Crippen LogP contribution is -2.40. The first-order chi connectivity index (χ1) is 13.2. The molecule has 1 amide bonds. The third-order valence-electron chi connectivity index (χ3n) is 4.57. The molecule has 3 aromatic rings. The first kappa shape index (κ1) is 17.5. The van der Waals surface area contributed by atoms with E-state index >= 15 is 0 Å². The Morgan fingerprint density at radius 1 is 1.19 bits per heavy atom. The monoisotopic (exact) mass is 383 g/mol. The second kappa shape index (κ2) is 7.75. The van der Waals surface area contributed by atoms with Crippen LogP contribution in [0, 0.1) is 0 Å². The van der Waals surface area contributed by atoms with Gasteiger partial charge in [-0.05, 0) is 37.1 Å². The van der Waals surface area contributed by atoms with Gasteiger partial charge in [0.2, 0.25) is 0 Å². The Labute approximate surface area is 161 Å². The minimum Gasteiger partial charge on any atom is -0.409 e. The maximum Gasteiger partial charge on any atom is 0.415 e. The number of amides is 1. The molecule has 2 aromatic heterocycles. The smallest absolute Gasteiger partial charge is 0.409 e. The SMILES string of the molecule is O=C(Oc1cccnc1)N1CCC(n2cc(-c3cccc(Cl)c3)nn2)CC1. The highest BCUT2D eigenvalue weighted by Crippen LogP contribution is 2.25. The van der Waals surface area contributed by atoms with E-state index in [1.165, 1.54) is 6.20 Å². The van der Waals surface area contributed by atoms with E-state index in [0.717, 1.165) is 24.1 Å². The van der Waals surface area contributed by atoms with Crippen LogP contribution in [0.5, 0.6) is 5.75 Å². The highest BCUT2D eigenvalue weighted by molar-refractivity contribution is 6.30. The third kappa shape index (κ3) is 4.09. The van der Waals surface area contributed by atoms with E-state index in [4.69, 9.17) is 16.3 Å². The zero-order valence-corrected chi connectivity index (χ0v) is 15.3. The van der Waals surface area contributed by atoms with Crippen LogP contribution < -0.4 is 4.74 Å². The number of carbonyl (C=O) groups excluding carboxylic acids is 1. The molecule has 0 spiro atoms. The first-order valence-electron chi connectivity index (χ1n) is 8.73. The van der Waals surface area contributed by atoms with Crippen molar-refractivity contribution in [1.82, 2.24) is 24.9 Å². The summed E-state index contributed by atoms with van der Waals surface area (Å²) in [7, 11) is 0. The average Bonchev–Trinajstić information content (AvgIpc) is 3.19. The van der Waals surface area contributed by atoms with Crippen LogP contribution in [0.2, 0.25) is 5.02 Å². The van der Waals surface area contributed by atoms with E-state index in [1.54, 1.807) is 23.2 Å². The van der Waals surface area contributed by atoms with Crippen LogP contribution in [0.25, 0.3) is 11.3 Å². The molecule has 0 radical (unpaired) electrons. The Morgan fingerprint density at radius 2 is 2.04 bits per heavy atom. The van der Waals surface area contributed by atoms with Crippen LogP contribution in [0.3, 0.4) is 0 Å². The maximum absolute atomic E-state index is 12.3. The summed E-state index contributed by atoms with van der Waals surface area (Å²) >= 11 is 6.05. The van der Waals surface area contributed by atoms with Crippen LogP contribution in [0.4, 0.5) is 4.79 Å². The highest BCUT2D eigenvalue weighted by atomic mass is 35.5. The Kier molecular flexibility index (Phi) is 5.02. The molecular weight excluding hydrogens is 366 g/mol. The largest absolute Gasteiger partial charge is 0.415 e. The summed E-state index contributed by atoms with van der Waals surface area (Å²) in [5.74, 6) is 0.451. The number of benzene rings is 1. The molecule has 1 aliphatic heterocycles. The lowest BCUT2D eigenvalue weighted by molar-refractivity contribution is 0.129. The molecule has 1 fully saturated rings. The lowest BCUT2D eigenvalue weighted by atomic mass is 10.1. The molecule has 0 N–H and O–H groups in total. The molecule has 0 unspecified atom stereocenters. The number of carbonyl (C=O) groups is 1. The van der Waals surface area contributed by atoms with Crippen molar-refractivity contribution in [3.8, 4) is 17.0 Å². The van der Waals surface area contributed by atoms with Crippen molar-refractivity contribution in [2.75, 3.05) is 13.1 Å². The second-order valence-corrected chi connectivity index (χ2v) is 6.81. The number of piperidine rings is 1. The average molecular weight is 384 g/mol. The number of aromatic nitrogens is 4. The van der Waals surface area contributed by atoms with Crippen molar-refractivity contribution >= 4 is 17.7 Å². The fourth-order valence-corrected chi connectivity index (χ4v) is 3.31. The molecule has 1 aliphatic rings. The zero-order chi connectivity index (χ0) is 18.6. The Hall–Kier alpha value is -2.93. The molecule has 3 heterocycles. The number of hydrogen-bond donors (Lipinski definition) is 0. The fraction of sp³-hybridized carbons (Fsp3) is 0.263. The van der Waals surface area contributed by atoms with Gasteiger partial charge in [0.15, 0.2) is 5.75 Å². The topological polar surface area (TPSA) is 73.1 Å². The van der Waals surface area contributed by atoms with E-state index in [9.17, 15) is 4.79 Å². The van der Waals surface area contributed by atoms with Crippen LogP contribution in [-0.4, -0.2) is 44.1 Å². The van der Waals surface area contributed by atoms with E-state index in [-0.39, 0.29) is 12.1 Å². The quantitative estimate of drug-likeness (QED) is 0.687. The fourth-order valence-electron chi connectivity index (χ4n) is 3.12. The van der Waals surface area contributed by atoms with Crippen molar-refractivity contribution in [3.05, 3.63) is 60.0 Å². The molecule has 8 heteroatoms. The summed E-state index contributed by atoms with van der Waals surface area (Å²) in [4.78, 5) is 17.9. The predicted molar refractivity (Wildman–Crippen MR) is 101 cm³/mol. The van der Waals surface area contributed by atoms with Crippen molar-refractivity contribution in [3.63, 3.8) is 0 Å². The summed E-state index contributed by atoms with van der Waals surface area (Å²) in [6.45, 7) is 1.21. The van der Waals surface area contributed by atoms with Gasteiger partial charge in [-0.1, -0.05) is 28.9 Å². The molecule has 0 aliphatic carbocycles. The van der Waals surface area contributed by atoms with Gasteiger partial charge in [0.05, 0.1) is 18.4 Å². The van der Waals surface area contributed by atoms with E-state index in [1.807, 2.05) is 35.1 Å². The molecule has 0 bridgehead atoms. The van der Waals surface area contributed by atoms with Gasteiger partial charge in [0.1, 0.15) is 5.69 Å². The second-order valence-electron chi connectivity index (χ2n) is 6.37. The Morgan fingerprint density at radius 3 is 2.78 bits per heavy atom. The van der Waals surface area contributed by atoms with Gasteiger partial charge in [0.25, 0.3) is 0 Å². The summed E-state index contributed by atoms with van der Waals surface area (Å²) < 4.78 is 7.22. The molecule has 138 valence electrons. The van der Waals surface area contributed by atoms with Crippen molar-refractivity contribution in [2.45, 2.75) is 18.9 Å². The molecular formula is C19H18ClN5O2. The van der Waals surface area contributed by atoms with E-state index in [0.29, 0.717) is 23.9 Å². The third-order valence-corrected chi connectivity index (χ3v) is 4.80. The number of halogens is 1. The Balaban J connectivity index is 1.36. The van der Waals surface area contributed by atoms with Crippen molar-refractivity contribution < 1.29 is 9.53 Å². The van der Waals surface area contributed by atoms with Crippen molar-refractivity contribution in [1.29, 1.82) is 0 Å². The summed E-state index contributed by atoms with van der Waals surface area (Å²) in [6, 6.07) is 11.2.